The lowest BCUT2D eigenvalue weighted by Crippen LogP contribution is -2.36. The number of piperidine rings is 1. The number of nitrogens with one attached hydrogen (secondary N) is 1. The predicted octanol–water partition coefficient (Wildman–Crippen LogP) is 4.25. The SMILES string of the molecule is CN1CCCCC1CCSc1nnc(NC2CCCCC2)s1. The average Bonchev–Trinajstić information content (AvgIpc) is 2.98. The van der Waals surface area contributed by atoms with Gasteiger partial charge in [-0.05, 0) is 45.7 Å². The molecule has 0 aromatic carbocycles. The molecule has 0 bridgehead atoms. The van der Waals surface area contributed by atoms with Gasteiger partial charge in [0.15, 0.2) is 4.34 Å². The van der Waals surface area contributed by atoms with E-state index < -0.39 is 0 Å². The first-order valence-corrected chi connectivity index (χ1v) is 10.5. The minimum atomic E-state index is 0.621. The number of hydrogen-bond donors (Lipinski definition) is 1. The topological polar surface area (TPSA) is 41.1 Å². The van der Waals surface area contributed by atoms with Crippen molar-refractivity contribution in [2.75, 3.05) is 24.7 Å². The Morgan fingerprint density at radius 3 is 2.77 bits per heavy atom. The third-order valence-corrected chi connectivity index (χ3v) is 6.96. The van der Waals surface area contributed by atoms with Gasteiger partial charge in [-0.25, -0.2) is 0 Å². The highest BCUT2D eigenvalue weighted by molar-refractivity contribution is 8.01. The molecule has 6 heteroatoms. The van der Waals surface area contributed by atoms with Gasteiger partial charge in [-0.3, -0.25) is 0 Å². The molecule has 124 valence electrons. The molecule has 2 aliphatic rings. The second-order valence-electron chi connectivity index (χ2n) is 6.62. The van der Waals surface area contributed by atoms with Crippen LogP contribution < -0.4 is 5.32 Å². The minimum absolute atomic E-state index is 0.621. The summed E-state index contributed by atoms with van der Waals surface area (Å²) in [7, 11) is 2.27. The van der Waals surface area contributed by atoms with Crippen LogP contribution in [0.2, 0.25) is 0 Å². The van der Waals surface area contributed by atoms with E-state index in [4.69, 9.17) is 0 Å². The zero-order valence-corrected chi connectivity index (χ0v) is 15.2. The van der Waals surface area contributed by atoms with Gasteiger partial charge in [0.25, 0.3) is 0 Å². The molecule has 1 aromatic heterocycles. The summed E-state index contributed by atoms with van der Waals surface area (Å²) in [6.45, 7) is 1.27. The molecular weight excluding hydrogens is 312 g/mol. The Morgan fingerprint density at radius 2 is 1.95 bits per heavy atom. The number of rotatable bonds is 6. The Morgan fingerprint density at radius 1 is 1.14 bits per heavy atom. The number of thioether (sulfide) groups is 1. The number of anilines is 1. The van der Waals surface area contributed by atoms with Crippen LogP contribution in [-0.2, 0) is 0 Å². The van der Waals surface area contributed by atoms with E-state index in [1.54, 1.807) is 11.3 Å². The third kappa shape index (κ3) is 4.83. The maximum absolute atomic E-state index is 4.34. The van der Waals surface area contributed by atoms with Gasteiger partial charge in [0.2, 0.25) is 5.13 Å². The molecule has 0 spiro atoms. The van der Waals surface area contributed by atoms with Gasteiger partial charge in [-0.2, -0.15) is 0 Å². The maximum atomic E-state index is 4.34. The molecule has 1 unspecified atom stereocenters. The van der Waals surface area contributed by atoms with Crippen molar-refractivity contribution in [3.05, 3.63) is 0 Å². The zero-order valence-electron chi connectivity index (χ0n) is 13.6. The van der Waals surface area contributed by atoms with Gasteiger partial charge in [0.1, 0.15) is 0 Å². The molecule has 2 fully saturated rings. The van der Waals surface area contributed by atoms with E-state index in [2.05, 4.69) is 27.5 Å². The third-order valence-electron chi connectivity index (χ3n) is 4.94. The van der Waals surface area contributed by atoms with Gasteiger partial charge in [-0.15, -0.1) is 10.2 Å². The molecule has 3 rings (SSSR count). The molecule has 0 amide bonds. The standard InChI is InChI=1S/C16H28N4S2/c1-20-11-6-5-9-14(20)10-12-21-16-19-18-15(22-16)17-13-7-3-2-4-8-13/h13-14H,2-12H2,1H3,(H,17,18). The second-order valence-corrected chi connectivity index (χ2v) is 8.94. The molecule has 1 saturated heterocycles. The van der Waals surface area contributed by atoms with Crippen molar-refractivity contribution >= 4 is 28.2 Å². The highest BCUT2D eigenvalue weighted by Gasteiger charge is 2.19. The summed E-state index contributed by atoms with van der Waals surface area (Å²) in [6.07, 6.45) is 12.1. The highest BCUT2D eigenvalue weighted by atomic mass is 32.2. The van der Waals surface area contributed by atoms with Crippen LogP contribution in [0.4, 0.5) is 5.13 Å². The van der Waals surface area contributed by atoms with Crippen molar-refractivity contribution in [3.63, 3.8) is 0 Å². The lowest BCUT2D eigenvalue weighted by molar-refractivity contribution is 0.182. The zero-order chi connectivity index (χ0) is 15.2. The quantitative estimate of drug-likeness (QED) is 0.784. The van der Waals surface area contributed by atoms with Gasteiger partial charge in [0.05, 0.1) is 0 Å². The molecule has 1 N–H and O–H groups in total. The van der Waals surface area contributed by atoms with Crippen LogP contribution in [-0.4, -0.2) is 46.5 Å². The Labute approximate surface area is 142 Å². The van der Waals surface area contributed by atoms with E-state index in [1.165, 1.54) is 64.3 Å². The van der Waals surface area contributed by atoms with E-state index >= 15 is 0 Å². The maximum Gasteiger partial charge on any atom is 0.206 e. The molecule has 2 heterocycles. The summed E-state index contributed by atoms with van der Waals surface area (Å²) >= 11 is 3.61. The smallest absolute Gasteiger partial charge is 0.206 e. The number of hydrogen-bond acceptors (Lipinski definition) is 6. The summed E-state index contributed by atoms with van der Waals surface area (Å²) in [5.41, 5.74) is 0. The molecule has 1 saturated carbocycles. The number of aromatic nitrogens is 2. The highest BCUT2D eigenvalue weighted by Crippen LogP contribution is 2.29. The summed E-state index contributed by atoms with van der Waals surface area (Å²) in [5, 5.41) is 13.2. The van der Waals surface area contributed by atoms with Crippen LogP contribution in [0.15, 0.2) is 4.34 Å². The van der Waals surface area contributed by atoms with Crippen molar-refractivity contribution in [1.82, 2.24) is 15.1 Å². The average molecular weight is 341 g/mol. The monoisotopic (exact) mass is 340 g/mol. The Hall–Kier alpha value is -0.330. The predicted molar refractivity (Wildman–Crippen MR) is 96.0 cm³/mol. The Kier molecular flexibility index (Phi) is 6.39. The van der Waals surface area contributed by atoms with Crippen molar-refractivity contribution in [2.24, 2.45) is 0 Å². The van der Waals surface area contributed by atoms with Crippen LogP contribution in [0.1, 0.15) is 57.8 Å². The van der Waals surface area contributed by atoms with Gasteiger partial charge in [0, 0.05) is 17.8 Å². The summed E-state index contributed by atoms with van der Waals surface area (Å²) in [6, 6.07) is 1.39. The van der Waals surface area contributed by atoms with E-state index in [0.29, 0.717) is 6.04 Å². The van der Waals surface area contributed by atoms with Crippen molar-refractivity contribution in [1.29, 1.82) is 0 Å². The molecule has 1 atom stereocenters. The van der Waals surface area contributed by atoms with Crippen molar-refractivity contribution < 1.29 is 0 Å². The van der Waals surface area contributed by atoms with Crippen LogP contribution >= 0.6 is 23.1 Å². The first-order chi connectivity index (χ1) is 10.8. The van der Waals surface area contributed by atoms with Gasteiger partial charge >= 0.3 is 0 Å². The normalized spacial score (nSPS) is 24.5. The summed E-state index contributed by atoms with van der Waals surface area (Å²) in [5.74, 6) is 1.16. The molecule has 1 aliphatic heterocycles. The van der Waals surface area contributed by atoms with Gasteiger partial charge < -0.3 is 10.2 Å². The fourth-order valence-electron chi connectivity index (χ4n) is 3.54. The minimum Gasteiger partial charge on any atom is -0.357 e. The molecular formula is C16H28N4S2. The van der Waals surface area contributed by atoms with Crippen LogP contribution in [0, 0.1) is 0 Å². The van der Waals surface area contributed by atoms with E-state index in [-0.39, 0.29) is 0 Å². The van der Waals surface area contributed by atoms with E-state index in [1.807, 2.05) is 11.8 Å². The molecule has 22 heavy (non-hydrogen) atoms. The summed E-state index contributed by atoms with van der Waals surface area (Å²) in [4.78, 5) is 2.53. The van der Waals surface area contributed by atoms with E-state index in [9.17, 15) is 0 Å². The lowest BCUT2D eigenvalue weighted by Gasteiger charge is -2.32. The van der Waals surface area contributed by atoms with Crippen molar-refractivity contribution in [3.8, 4) is 0 Å². The molecule has 4 nitrogen and oxygen atoms in total. The fourth-order valence-corrected chi connectivity index (χ4v) is 5.48. The van der Waals surface area contributed by atoms with Crippen LogP contribution in [0.5, 0.6) is 0 Å². The van der Waals surface area contributed by atoms with Crippen LogP contribution in [0.3, 0.4) is 0 Å². The fraction of sp³-hybridized carbons (Fsp3) is 0.875. The molecule has 1 aliphatic carbocycles. The van der Waals surface area contributed by atoms with Crippen LogP contribution in [0.25, 0.3) is 0 Å². The number of nitrogens with zero attached hydrogens (tertiary/aromatic N) is 3. The lowest BCUT2D eigenvalue weighted by atomic mass is 9.96. The molecule has 1 aromatic rings. The van der Waals surface area contributed by atoms with Gasteiger partial charge in [-0.1, -0.05) is 48.8 Å². The number of likely N-dealkylation sites (tertiary alicyclic amines) is 1. The largest absolute Gasteiger partial charge is 0.357 e. The Balaban J connectivity index is 1.39. The Bertz CT molecular complexity index is 445. The van der Waals surface area contributed by atoms with E-state index in [0.717, 1.165) is 21.3 Å². The molecule has 0 radical (unpaired) electrons. The van der Waals surface area contributed by atoms with Crippen molar-refractivity contribution in [2.45, 2.75) is 74.2 Å². The second kappa shape index (κ2) is 8.50. The summed E-state index contributed by atoms with van der Waals surface area (Å²) < 4.78 is 1.12. The first kappa shape index (κ1) is 16.5. The first-order valence-electron chi connectivity index (χ1n) is 8.74.